The lowest BCUT2D eigenvalue weighted by Gasteiger charge is -2.27. The summed E-state index contributed by atoms with van der Waals surface area (Å²) in [5.74, 6) is 0.157. The van der Waals surface area contributed by atoms with Gasteiger partial charge < -0.3 is 24.1 Å². The van der Waals surface area contributed by atoms with Crippen molar-refractivity contribution in [2.24, 2.45) is 0 Å². The average Bonchev–Trinajstić information content (AvgIpc) is 2.49. The molecule has 0 saturated carbocycles. The number of benzene rings is 1. The summed E-state index contributed by atoms with van der Waals surface area (Å²) in [5, 5.41) is 13.5. The summed E-state index contributed by atoms with van der Waals surface area (Å²) in [4.78, 5) is 12.1. The van der Waals surface area contributed by atoms with Crippen molar-refractivity contribution in [3.05, 3.63) is 41.8 Å². The topological polar surface area (TPSA) is 111 Å². The maximum Gasteiger partial charge on any atom is 0.408 e. The number of rotatable bonds is 8. The summed E-state index contributed by atoms with van der Waals surface area (Å²) in [6.07, 6.45) is -0.875. The summed E-state index contributed by atoms with van der Waals surface area (Å²) in [6.45, 7) is 10.4. The molecule has 0 saturated heterocycles. The molecule has 0 fully saturated rings. The molecule has 1 aromatic carbocycles. The minimum Gasteiger partial charge on any atom is -0.444 e. The maximum absolute atomic E-state index is 12.2. The van der Waals surface area contributed by atoms with Gasteiger partial charge in [0.1, 0.15) is 11.4 Å². The minimum absolute atomic E-state index is 0.0894. The molecule has 1 rings (SSSR count). The Hall–Kier alpha value is -2.10. The third-order valence-corrected chi connectivity index (χ3v) is 4.00. The van der Waals surface area contributed by atoms with E-state index >= 15 is 0 Å². The molecule has 2 atom stereocenters. The van der Waals surface area contributed by atoms with Crippen LogP contribution in [0, 0.1) is 0 Å². The van der Waals surface area contributed by atoms with Crippen molar-refractivity contribution in [3.8, 4) is 5.75 Å². The van der Waals surface area contributed by atoms with Gasteiger partial charge in [-0.15, -0.1) is 0 Å². The van der Waals surface area contributed by atoms with Gasteiger partial charge in [-0.2, -0.15) is 8.42 Å². The molecule has 164 valence electrons. The molecule has 1 unspecified atom stereocenters. The van der Waals surface area contributed by atoms with E-state index in [9.17, 15) is 18.3 Å². The number of aliphatic hydroxyl groups is 1. The highest BCUT2D eigenvalue weighted by atomic mass is 32.2. The monoisotopic (exact) mass is 429 g/mol. The Labute approximate surface area is 173 Å². The quantitative estimate of drug-likeness (QED) is 0.482. The molecular weight excluding hydrogens is 398 g/mol. The Morgan fingerprint density at radius 2 is 1.69 bits per heavy atom. The van der Waals surface area contributed by atoms with Gasteiger partial charge in [-0.05, 0) is 59.8 Å². The van der Waals surface area contributed by atoms with Crippen LogP contribution in [0.15, 0.2) is 41.8 Å². The third kappa shape index (κ3) is 12.1. The highest BCUT2D eigenvalue weighted by Gasteiger charge is 2.23. The van der Waals surface area contributed by atoms with E-state index in [2.05, 4.69) is 5.32 Å². The van der Waals surface area contributed by atoms with Crippen LogP contribution >= 0.6 is 0 Å². The number of aliphatic hydroxyl groups excluding tert-OH is 1. The Morgan fingerprint density at radius 1 is 1.10 bits per heavy atom. The largest absolute Gasteiger partial charge is 0.444 e. The number of carbonyl (C=O) groups is 1. The zero-order chi connectivity index (χ0) is 22.3. The number of ether oxygens (including phenoxy) is 2. The predicted octanol–water partition coefficient (Wildman–Crippen LogP) is 3.33. The second kappa shape index (κ2) is 10.1. The van der Waals surface area contributed by atoms with Gasteiger partial charge in [0.2, 0.25) is 0 Å². The fraction of sp³-hybridized carbons (Fsp3) is 0.550. The molecule has 0 aliphatic rings. The van der Waals surface area contributed by atoms with Crippen molar-refractivity contribution < 1.29 is 32.0 Å². The van der Waals surface area contributed by atoms with Gasteiger partial charge in [-0.25, -0.2) is 4.79 Å². The smallest absolute Gasteiger partial charge is 0.408 e. The molecule has 0 aliphatic heterocycles. The van der Waals surface area contributed by atoms with Gasteiger partial charge >= 0.3 is 16.2 Å². The molecule has 8 nitrogen and oxygen atoms in total. The van der Waals surface area contributed by atoms with Gasteiger partial charge in [0.15, 0.2) is 6.29 Å². The average molecular weight is 430 g/mol. The van der Waals surface area contributed by atoms with Gasteiger partial charge in [0.05, 0.1) is 17.1 Å². The first-order valence-corrected chi connectivity index (χ1v) is 10.7. The van der Waals surface area contributed by atoms with Crippen LogP contribution in [0.4, 0.5) is 4.79 Å². The molecule has 1 aromatic rings. The lowest BCUT2D eigenvalue weighted by molar-refractivity contribution is -0.169. The van der Waals surface area contributed by atoms with Crippen molar-refractivity contribution in [2.75, 3.05) is 0 Å². The van der Waals surface area contributed by atoms with Crippen molar-refractivity contribution in [2.45, 2.75) is 71.5 Å². The van der Waals surface area contributed by atoms with Crippen molar-refractivity contribution in [1.82, 2.24) is 5.32 Å². The van der Waals surface area contributed by atoms with E-state index in [1.807, 2.05) is 0 Å². The fourth-order valence-electron chi connectivity index (χ4n) is 2.15. The number of para-hydroxylation sites is 1. The van der Waals surface area contributed by atoms with E-state index in [0.717, 1.165) is 5.41 Å². The summed E-state index contributed by atoms with van der Waals surface area (Å²) in [6, 6.07) is 7.14. The summed E-state index contributed by atoms with van der Waals surface area (Å²) >= 11 is 0. The van der Waals surface area contributed by atoms with E-state index in [1.165, 1.54) is 18.2 Å². The maximum atomic E-state index is 12.2. The van der Waals surface area contributed by atoms with Gasteiger partial charge in [0.25, 0.3) is 0 Å². The van der Waals surface area contributed by atoms with Crippen LogP contribution in [-0.4, -0.2) is 43.2 Å². The van der Waals surface area contributed by atoms with Crippen LogP contribution < -0.4 is 9.50 Å². The highest BCUT2D eigenvalue weighted by molar-refractivity contribution is 7.90. The zero-order valence-electron chi connectivity index (χ0n) is 17.7. The normalized spacial score (nSPS) is 15.0. The standard InChI is InChI=1S/C20H31NO7S/c1-19(2,3)26-17(22)14-15(21-18(23)27-20(4,5)6)12-13-29(24,25)28-16-10-8-7-9-11-16/h7-13,15,17,22H,14H2,1-6H3,(H,21,23)/b13-12+/t15-,17?/m1/s1. The number of alkyl carbamates (subject to hydrolysis) is 1. The van der Waals surface area contributed by atoms with Crippen LogP contribution in [0.25, 0.3) is 0 Å². The van der Waals surface area contributed by atoms with E-state index in [0.29, 0.717) is 0 Å². The summed E-state index contributed by atoms with van der Waals surface area (Å²) < 4.78 is 40.0. The third-order valence-electron chi connectivity index (χ3n) is 3.08. The van der Waals surface area contributed by atoms with Gasteiger partial charge in [-0.1, -0.05) is 18.2 Å². The molecule has 1 amide bonds. The molecule has 0 spiro atoms. The molecule has 0 radical (unpaired) electrons. The van der Waals surface area contributed by atoms with E-state index in [1.54, 1.807) is 59.7 Å². The molecule has 0 aliphatic carbocycles. The van der Waals surface area contributed by atoms with Crippen molar-refractivity contribution in [1.29, 1.82) is 0 Å². The SMILES string of the molecule is CC(C)(C)OC(=O)N[C@H](/C=C/S(=O)(=O)Oc1ccccc1)CC(O)OC(C)(C)C. The van der Waals surface area contributed by atoms with E-state index < -0.39 is 39.7 Å². The Kier molecular flexibility index (Phi) is 8.67. The minimum atomic E-state index is -4.07. The van der Waals surface area contributed by atoms with Crippen LogP contribution in [0.2, 0.25) is 0 Å². The molecule has 0 aromatic heterocycles. The molecule has 9 heteroatoms. The Bertz CT molecular complexity index is 777. The molecule has 2 N–H and O–H groups in total. The van der Waals surface area contributed by atoms with Crippen LogP contribution in [0.1, 0.15) is 48.0 Å². The van der Waals surface area contributed by atoms with Crippen LogP contribution in [-0.2, 0) is 19.6 Å². The van der Waals surface area contributed by atoms with Crippen molar-refractivity contribution in [3.63, 3.8) is 0 Å². The number of hydrogen-bond donors (Lipinski definition) is 2. The van der Waals surface area contributed by atoms with Gasteiger partial charge in [0, 0.05) is 6.42 Å². The lowest BCUT2D eigenvalue weighted by Crippen LogP contribution is -2.41. The van der Waals surface area contributed by atoms with E-state index in [-0.39, 0.29) is 12.2 Å². The second-order valence-corrected chi connectivity index (χ2v) is 9.82. The molecule has 29 heavy (non-hydrogen) atoms. The van der Waals surface area contributed by atoms with E-state index in [4.69, 9.17) is 13.7 Å². The van der Waals surface area contributed by atoms with Crippen LogP contribution in [0.5, 0.6) is 5.75 Å². The highest BCUT2D eigenvalue weighted by Crippen LogP contribution is 2.16. The lowest BCUT2D eigenvalue weighted by atomic mass is 10.1. The predicted molar refractivity (Wildman–Crippen MR) is 110 cm³/mol. The Balaban J connectivity index is 2.90. The number of carbonyl (C=O) groups excluding carboxylic acids is 1. The first-order chi connectivity index (χ1) is 13.2. The molecule has 0 bridgehead atoms. The number of nitrogens with one attached hydrogen (secondary N) is 1. The first-order valence-electron chi connectivity index (χ1n) is 9.18. The van der Waals surface area contributed by atoms with Gasteiger partial charge in [-0.3, -0.25) is 0 Å². The number of hydrogen-bond acceptors (Lipinski definition) is 7. The number of amides is 1. The zero-order valence-corrected chi connectivity index (χ0v) is 18.5. The van der Waals surface area contributed by atoms with Crippen molar-refractivity contribution >= 4 is 16.2 Å². The first kappa shape index (κ1) is 24.9. The fourth-order valence-corrected chi connectivity index (χ4v) is 2.96. The van der Waals surface area contributed by atoms with Crippen LogP contribution in [0.3, 0.4) is 0 Å². The second-order valence-electron chi connectivity index (χ2n) is 8.39. The summed E-state index contributed by atoms with van der Waals surface area (Å²) in [7, 11) is -4.07. The molecule has 0 heterocycles. The Morgan fingerprint density at radius 3 is 2.21 bits per heavy atom. The summed E-state index contributed by atoms with van der Waals surface area (Å²) in [5.41, 5.74) is -1.36. The molecular formula is C20H31NO7S.